The molecule has 0 aliphatic rings. The van der Waals surface area contributed by atoms with E-state index in [4.69, 9.17) is 0 Å². The van der Waals surface area contributed by atoms with Gasteiger partial charge in [0.2, 0.25) is 5.91 Å². The third-order valence-electron chi connectivity index (χ3n) is 1.42. The van der Waals surface area contributed by atoms with Gasteiger partial charge in [0, 0.05) is 0 Å². The normalized spacial score (nSPS) is 11.0. The molecule has 0 bridgehead atoms. The third kappa shape index (κ3) is 7.04. The van der Waals surface area contributed by atoms with E-state index in [0.29, 0.717) is 6.54 Å². The summed E-state index contributed by atoms with van der Waals surface area (Å²) in [5, 5.41) is 5.00. The van der Waals surface area contributed by atoms with Crippen molar-refractivity contribution in [3.63, 3.8) is 0 Å². The van der Waals surface area contributed by atoms with Crippen LogP contribution < -0.4 is 10.6 Å². The van der Waals surface area contributed by atoms with E-state index >= 15 is 0 Å². The summed E-state index contributed by atoms with van der Waals surface area (Å²) in [6.45, 7) is 1.83. The largest absolute Gasteiger partial charge is 0.490 e. The summed E-state index contributed by atoms with van der Waals surface area (Å²) < 4.78 is 38.8. The molecule has 0 saturated heterocycles. The van der Waals surface area contributed by atoms with Crippen molar-refractivity contribution in [2.24, 2.45) is 0 Å². The van der Waals surface area contributed by atoms with Crippen LogP contribution in [0.25, 0.3) is 0 Å². The van der Waals surface area contributed by atoms with Gasteiger partial charge in [0.1, 0.15) is 6.61 Å². The zero-order valence-electron chi connectivity index (χ0n) is 8.69. The number of carbonyl (C=O) groups is 2. The molecule has 94 valence electrons. The van der Waals surface area contributed by atoms with Gasteiger partial charge in [0.25, 0.3) is 0 Å². The molecular weight excluding hydrogens is 229 g/mol. The number of hydrogen-bond donors (Lipinski definition) is 2. The molecule has 0 unspecified atom stereocenters. The van der Waals surface area contributed by atoms with Crippen LogP contribution in [-0.4, -0.2) is 44.3 Å². The molecule has 0 aliphatic heterocycles. The lowest BCUT2D eigenvalue weighted by Gasteiger charge is -2.08. The van der Waals surface area contributed by atoms with E-state index in [0.717, 1.165) is 0 Å². The third-order valence-corrected chi connectivity index (χ3v) is 1.42. The maximum atomic E-state index is 11.6. The standard InChI is InChI=1S/C8H13F3N2O3/c1-2-12-5-6(14)13-3-4-16-7(15)8(9,10)11/h12H,2-5H2,1H3,(H,13,14). The second-order valence-corrected chi connectivity index (χ2v) is 2.76. The molecule has 0 aromatic heterocycles. The number of ether oxygens (including phenoxy) is 1. The molecule has 0 atom stereocenters. The number of likely N-dealkylation sites (N-methyl/N-ethyl adjacent to an activating group) is 1. The lowest BCUT2D eigenvalue weighted by Crippen LogP contribution is -2.36. The second-order valence-electron chi connectivity index (χ2n) is 2.76. The van der Waals surface area contributed by atoms with Crippen LogP contribution in [0.15, 0.2) is 0 Å². The highest BCUT2D eigenvalue weighted by atomic mass is 19.4. The van der Waals surface area contributed by atoms with Gasteiger partial charge in [-0.15, -0.1) is 0 Å². The predicted octanol–water partition coefficient (Wildman–Crippen LogP) is -0.182. The van der Waals surface area contributed by atoms with Crippen LogP contribution in [-0.2, 0) is 14.3 Å². The van der Waals surface area contributed by atoms with Crippen molar-refractivity contribution in [2.45, 2.75) is 13.1 Å². The molecule has 16 heavy (non-hydrogen) atoms. The Balaban J connectivity index is 3.54. The molecule has 0 saturated carbocycles. The number of hydrogen-bond acceptors (Lipinski definition) is 4. The summed E-state index contributed by atoms with van der Waals surface area (Å²) >= 11 is 0. The zero-order valence-corrected chi connectivity index (χ0v) is 8.69. The van der Waals surface area contributed by atoms with Crippen LogP contribution in [0.5, 0.6) is 0 Å². The van der Waals surface area contributed by atoms with Crippen molar-refractivity contribution >= 4 is 11.9 Å². The molecule has 0 rings (SSSR count). The Morgan fingerprint density at radius 1 is 1.31 bits per heavy atom. The smallest absolute Gasteiger partial charge is 0.457 e. The van der Waals surface area contributed by atoms with E-state index < -0.39 is 18.8 Å². The summed E-state index contributed by atoms with van der Waals surface area (Å²) in [5.41, 5.74) is 0. The predicted molar refractivity (Wildman–Crippen MR) is 48.6 cm³/mol. The summed E-state index contributed by atoms with van der Waals surface area (Å²) in [7, 11) is 0. The van der Waals surface area contributed by atoms with E-state index in [-0.39, 0.29) is 19.0 Å². The highest BCUT2D eigenvalue weighted by Gasteiger charge is 2.40. The minimum atomic E-state index is -4.99. The summed E-state index contributed by atoms with van der Waals surface area (Å²) in [5.74, 6) is -2.63. The van der Waals surface area contributed by atoms with Crippen molar-refractivity contribution in [1.29, 1.82) is 0 Å². The first kappa shape index (κ1) is 14.7. The Kier molecular flexibility index (Phi) is 6.47. The van der Waals surface area contributed by atoms with E-state index in [1.54, 1.807) is 6.92 Å². The topological polar surface area (TPSA) is 67.4 Å². The van der Waals surface area contributed by atoms with Gasteiger partial charge in [-0.1, -0.05) is 6.92 Å². The minimum Gasteiger partial charge on any atom is -0.457 e. The number of amides is 1. The quantitative estimate of drug-likeness (QED) is 0.501. The van der Waals surface area contributed by atoms with Gasteiger partial charge in [-0.2, -0.15) is 13.2 Å². The Hall–Kier alpha value is -1.31. The van der Waals surface area contributed by atoms with Gasteiger partial charge in [0.05, 0.1) is 13.1 Å². The molecule has 0 heterocycles. The van der Waals surface area contributed by atoms with Crippen molar-refractivity contribution < 1.29 is 27.5 Å². The molecular formula is C8H13F3N2O3. The Morgan fingerprint density at radius 3 is 2.44 bits per heavy atom. The maximum absolute atomic E-state index is 11.6. The highest BCUT2D eigenvalue weighted by Crippen LogP contribution is 2.15. The van der Waals surface area contributed by atoms with Crippen LogP contribution in [0.1, 0.15) is 6.92 Å². The molecule has 5 nitrogen and oxygen atoms in total. The lowest BCUT2D eigenvalue weighted by atomic mass is 10.5. The van der Waals surface area contributed by atoms with Crippen molar-refractivity contribution in [1.82, 2.24) is 10.6 Å². The van der Waals surface area contributed by atoms with E-state index in [1.807, 2.05) is 0 Å². The van der Waals surface area contributed by atoms with Crippen LogP contribution in [0.2, 0.25) is 0 Å². The SMILES string of the molecule is CCNCC(=O)NCCOC(=O)C(F)(F)F. The first-order valence-electron chi connectivity index (χ1n) is 4.59. The zero-order chi connectivity index (χ0) is 12.6. The fourth-order valence-electron chi connectivity index (χ4n) is 0.717. The second kappa shape index (κ2) is 7.04. The monoisotopic (exact) mass is 242 g/mol. The van der Waals surface area contributed by atoms with E-state index in [2.05, 4.69) is 15.4 Å². The molecule has 0 fully saturated rings. The average Bonchev–Trinajstić information content (AvgIpc) is 2.19. The number of nitrogens with one attached hydrogen (secondary N) is 2. The van der Waals surface area contributed by atoms with Crippen molar-refractivity contribution in [3.05, 3.63) is 0 Å². The fourth-order valence-corrected chi connectivity index (χ4v) is 0.717. The molecule has 0 aromatic carbocycles. The van der Waals surface area contributed by atoms with Gasteiger partial charge in [-0.05, 0) is 6.54 Å². The van der Waals surface area contributed by atoms with Gasteiger partial charge in [-0.25, -0.2) is 4.79 Å². The van der Waals surface area contributed by atoms with Crippen LogP contribution >= 0.6 is 0 Å². The lowest BCUT2D eigenvalue weighted by molar-refractivity contribution is -0.199. The first-order valence-corrected chi connectivity index (χ1v) is 4.59. The van der Waals surface area contributed by atoms with Crippen LogP contribution in [0.3, 0.4) is 0 Å². The molecule has 2 N–H and O–H groups in total. The van der Waals surface area contributed by atoms with Crippen LogP contribution in [0, 0.1) is 0 Å². The maximum Gasteiger partial charge on any atom is 0.490 e. The number of alkyl halides is 3. The molecule has 0 spiro atoms. The van der Waals surface area contributed by atoms with E-state index in [1.165, 1.54) is 0 Å². The summed E-state index contributed by atoms with van der Waals surface area (Å²) in [4.78, 5) is 21.1. The number of carbonyl (C=O) groups excluding carboxylic acids is 2. The molecule has 0 aromatic rings. The fraction of sp³-hybridized carbons (Fsp3) is 0.750. The van der Waals surface area contributed by atoms with Crippen LogP contribution in [0.4, 0.5) is 13.2 Å². The van der Waals surface area contributed by atoms with Gasteiger partial charge in [0.15, 0.2) is 0 Å². The molecule has 0 radical (unpaired) electrons. The van der Waals surface area contributed by atoms with E-state index in [9.17, 15) is 22.8 Å². The Morgan fingerprint density at radius 2 is 1.94 bits per heavy atom. The molecule has 0 aliphatic carbocycles. The highest BCUT2D eigenvalue weighted by molar-refractivity contribution is 5.78. The number of esters is 1. The average molecular weight is 242 g/mol. The summed E-state index contributed by atoms with van der Waals surface area (Å²) in [6.07, 6.45) is -4.99. The minimum absolute atomic E-state index is 0.0731. The molecule has 1 amide bonds. The van der Waals surface area contributed by atoms with Gasteiger partial charge < -0.3 is 15.4 Å². The number of halogens is 3. The first-order chi connectivity index (χ1) is 7.38. The Bertz CT molecular complexity index is 243. The van der Waals surface area contributed by atoms with Crippen molar-refractivity contribution in [3.8, 4) is 0 Å². The van der Waals surface area contributed by atoms with Gasteiger partial charge in [-0.3, -0.25) is 4.79 Å². The van der Waals surface area contributed by atoms with Gasteiger partial charge >= 0.3 is 12.1 Å². The summed E-state index contributed by atoms with van der Waals surface area (Å²) in [6, 6.07) is 0. The Labute approximate surface area is 90.3 Å². The number of rotatable bonds is 6. The van der Waals surface area contributed by atoms with Crippen molar-refractivity contribution in [2.75, 3.05) is 26.2 Å². The molecule has 8 heteroatoms.